The monoisotopic (exact) mass is 236 g/mol. The zero-order valence-corrected chi connectivity index (χ0v) is 9.77. The Balaban J connectivity index is 1.91. The Labute approximate surface area is 99.6 Å². The lowest BCUT2D eigenvalue weighted by Crippen LogP contribution is -2.49. The molecule has 1 fully saturated rings. The van der Waals surface area contributed by atoms with Crippen molar-refractivity contribution < 1.29 is 9.53 Å². The number of nitrogens with zero attached hydrogens (tertiary/aromatic N) is 2. The van der Waals surface area contributed by atoms with Crippen LogP contribution >= 0.6 is 0 Å². The molecular weight excluding hydrogens is 220 g/mol. The predicted octanol–water partition coefficient (Wildman–Crippen LogP) is 0.358. The standard InChI is InChI=1S/C11H16N4O2/c1-17-11(3-2-4-11)7-15-10(16)8-5-14-9(12)6-13-8/h5-6H,2-4,7H2,1H3,(H2,12,14)(H,15,16). The molecule has 1 aliphatic rings. The first-order valence-electron chi connectivity index (χ1n) is 5.56. The third-order valence-electron chi connectivity index (χ3n) is 3.17. The highest BCUT2D eigenvalue weighted by molar-refractivity contribution is 5.92. The summed E-state index contributed by atoms with van der Waals surface area (Å²) in [7, 11) is 1.67. The number of rotatable bonds is 4. The van der Waals surface area contributed by atoms with Gasteiger partial charge in [-0.15, -0.1) is 0 Å². The average Bonchev–Trinajstić information content (AvgIpc) is 2.29. The first-order valence-corrected chi connectivity index (χ1v) is 5.56. The molecule has 0 atom stereocenters. The number of hydrogen-bond acceptors (Lipinski definition) is 5. The number of nitrogens with two attached hydrogens (primary N) is 1. The topological polar surface area (TPSA) is 90.1 Å². The van der Waals surface area contributed by atoms with Gasteiger partial charge in [0.15, 0.2) is 0 Å². The second kappa shape index (κ2) is 4.67. The number of hydrogen-bond donors (Lipinski definition) is 2. The minimum absolute atomic E-state index is 0.184. The number of carbonyl (C=O) groups excluding carboxylic acids is 1. The molecule has 3 N–H and O–H groups in total. The summed E-state index contributed by atoms with van der Waals surface area (Å²) in [6.07, 6.45) is 5.84. The molecule has 92 valence electrons. The molecule has 1 aromatic rings. The number of methoxy groups -OCH3 is 1. The van der Waals surface area contributed by atoms with Gasteiger partial charge in [0.1, 0.15) is 11.5 Å². The van der Waals surface area contributed by atoms with E-state index in [0.717, 1.165) is 19.3 Å². The third kappa shape index (κ3) is 2.52. The first-order chi connectivity index (χ1) is 8.15. The molecule has 0 spiro atoms. The summed E-state index contributed by atoms with van der Waals surface area (Å²) in [5, 5.41) is 2.80. The summed E-state index contributed by atoms with van der Waals surface area (Å²) >= 11 is 0. The van der Waals surface area contributed by atoms with E-state index < -0.39 is 0 Å². The lowest BCUT2D eigenvalue weighted by Gasteiger charge is -2.40. The van der Waals surface area contributed by atoms with E-state index in [2.05, 4.69) is 15.3 Å². The zero-order valence-electron chi connectivity index (χ0n) is 9.77. The van der Waals surface area contributed by atoms with Crippen LogP contribution in [-0.2, 0) is 4.74 Å². The fraction of sp³-hybridized carbons (Fsp3) is 0.545. The normalized spacial score (nSPS) is 17.2. The number of amides is 1. The van der Waals surface area contributed by atoms with Crippen molar-refractivity contribution >= 4 is 11.7 Å². The van der Waals surface area contributed by atoms with Crippen molar-refractivity contribution in [1.29, 1.82) is 0 Å². The van der Waals surface area contributed by atoms with Crippen molar-refractivity contribution in [2.24, 2.45) is 0 Å². The van der Waals surface area contributed by atoms with Gasteiger partial charge < -0.3 is 15.8 Å². The summed E-state index contributed by atoms with van der Waals surface area (Å²) in [4.78, 5) is 19.5. The zero-order chi connectivity index (χ0) is 12.3. The van der Waals surface area contributed by atoms with E-state index in [1.807, 2.05) is 0 Å². The highest BCUT2D eigenvalue weighted by atomic mass is 16.5. The lowest BCUT2D eigenvalue weighted by atomic mass is 9.80. The van der Waals surface area contributed by atoms with Gasteiger partial charge in [-0.05, 0) is 19.3 Å². The average molecular weight is 236 g/mol. The Hall–Kier alpha value is -1.69. The van der Waals surface area contributed by atoms with Gasteiger partial charge in [-0.25, -0.2) is 9.97 Å². The van der Waals surface area contributed by atoms with Crippen molar-refractivity contribution in [2.75, 3.05) is 19.4 Å². The van der Waals surface area contributed by atoms with E-state index in [1.165, 1.54) is 12.4 Å². The smallest absolute Gasteiger partial charge is 0.271 e. The van der Waals surface area contributed by atoms with E-state index in [1.54, 1.807) is 7.11 Å². The van der Waals surface area contributed by atoms with Gasteiger partial charge in [0.2, 0.25) is 0 Å². The Kier molecular flexibility index (Phi) is 3.23. The summed E-state index contributed by atoms with van der Waals surface area (Å²) in [6.45, 7) is 0.508. The SMILES string of the molecule is COC1(CNC(=O)c2cnc(N)cn2)CCC1. The Morgan fingerprint density at radius 3 is 2.76 bits per heavy atom. The molecule has 0 radical (unpaired) electrons. The fourth-order valence-electron chi connectivity index (χ4n) is 1.81. The Morgan fingerprint density at radius 1 is 1.53 bits per heavy atom. The molecule has 6 heteroatoms. The Bertz CT molecular complexity index is 395. The molecule has 1 amide bonds. The Morgan fingerprint density at radius 2 is 2.29 bits per heavy atom. The van der Waals surface area contributed by atoms with Gasteiger partial charge in [0.05, 0.1) is 18.0 Å². The minimum atomic E-state index is -0.249. The summed E-state index contributed by atoms with van der Waals surface area (Å²) in [5.74, 6) is 0.0507. The molecule has 6 nitrogen and oxygen atoms in total. The van der Waals surface area contributed by atoms with Gasteiger partial charge in [0.25, 0.3) is 5.91 Å². The summed E-state index contributed by atoms with van der Waals surface area (Å²) < 4.78 is 5.41. The van der Waals surface area contributed by atoms with Crippen LogP contribution in [-0.4, -0.2) is 35.1 Å². The maximum absolute atomic E-state index is 11.7. The molecule has 0 aromatic carbocycles. The van der Waals surface area contributed by atoms with Crippen LogP contribution in [0.1, 0.15) is 29.8 Å². The molecule has 17 heavy (non-hydrogen) atoms. The van der Waals surface area contributed by atoms with Gasteiger partial charge >= 0.3 is 0 Å². The molecule has 1 saturated carbocycles. The number of nitrogen functional groups attached to an aromatic ring is 1. The van der Waals surface area contributed by atoms with E-state index >= 15 is 0 Å². The molecule has 0 bridgehead atoms. The number of carbonyl (C=O) groups is 1. The van der Waals surface area contributed by atoms with Crippen LogP contribution in [0.2, 0.25) is 0 Å². The van der Waals surface area contributed by atoms with Crippen LogP contribution in [0.4, 0.5) is 5.82 Å². The molecule has 1 heterocycles. The largest absolute Gasteiger partial charge is 0.382 e. The minimum Gasteiger partial charge on any atom is -0.382 e. The molecule has 2 rings (SSSR count). The van der Waals surface area contributed by atoms with Crippen molar-refractivity contribution in [2.45, 2.75) is 24.9 Å². The van der Waals surface area contributed by atoms with Crippen LogP contribution in [0, 0.1) is 0 Å². The van der Waals surface area contributed by atoms with Gasteiger partial charge in [-0.3, -0.25) is 4.79 Å². The van der Waals surface area contributed by atoms with Crippen molar-refractivity contribution in [3.63, 3.8) is 0 Å². The predicted molar refractivity (Wildman–Crippen MR) is 62.4 cm³/mol. The summed E-state index contributed by atoms with van der Waals surface area (Å²) in [6, 6.07) is 0. The highest BCUT2D eigenvalue weighted by Crippen LogP contribution is 2.34. The van der Waals surface area contributed by atoms with Crippen LogP contribution in [0.25, 0.3) is 0 Å². The van der Waals surface area contributed by atoms with E-state index in [-0.39, 0.29) is 17.2 Å². The van der Waals surface area contributed by atoms with Crippen molar-refractivity contribution in [3.8, 4) is 0 Å². The van der Waals surface area contributed by atoms with Gasteiger partial charge in [-0.1, -0.05) is 0 Å². The van der Waals surface area contributed by atoms with Crippen LogP contribution in [0.5, 0.6) is 0 Å². The van der Waals surface area contributed by atoms with Crippen molar-refractivity contribution in [3.05, 3.63) is 18.1 Å². The number of anilines is 1. The van der Waals surface area contributed by atoms with Crippen LogP contribution < -0.4 is 11.1 Å². The quantitative estimate of drug-likeness (QED) is 0.787. The second-order valence-electron chi connectivity index (χ2n) is 4.25. The first kappa shape index (κ1) is 11.8. The van der Waals surface area contributed by atoms with Crippen molar-refractivity contribution in [1.82, 2.24) is 15.3 Å². The molecule has 0 saturated heterocycles. The van der Waals surface area contributed by atoms with E-state index in [0.29, 0.717) is 12.4 Å². The molecule has 1 aliphatic carbocycles. The van der Waals surface area contributed by atoms with Gasteiger partial charge in [-0.2, -0.15) is 0 Å². The lowest BCUT2D eigenvalue weighted by molar-refractivity contribution is -0.0679. The number of aromatic nitrogens is 2. The third-order valence-corrected chi connectivity index (χ3v) is 3.17. The fourth-order valence-corrected chi connectivity index (χ4v) is 1.81. The molecule has 0 unspecified atom stereocenters. The summed E-state index contributed by atoms with van der Waals surface area (Å²) in [5.41, 5.74) is 5.48. The number of ether oxygens (including phenoxy) is 1. The maximum atomic E-state index is 11.7. The molecular formula is C11H16N4O2. The second-order valence-corrected chi connectivity index (χ2v) is 4.25. The van der Waals surface area contributed by atoms with Crippen LogP contribution in [0.15, 0.2) is 12.4 Å². The molecule has 1 aromatic heterocycles. The van der Waals surface area contributed by atoms with Gasteiger partial charge in [0, 0.05) is 13.7 Å². The molecule has 0 aliphatic heterocycles. The van der Waals surface area contributed by atoms with E-state index in [9.17, 15) is 4.79 Å². The van der Waals surface area contributed by atoms with Crippen LogP contribution in [0.3, 0.4) is 0 Å². The van der Waals surface area contributed by atoms with E-state index in [4.69, 9.17) is 10.5 Å². The maximum Gasteiger partial charge on any atom is 0.271 e. The number of nitrogens with one attached hydrogen (secondary N) is 1. The highest BCUT2D eigenvalue weighted by Gasteiger charge is 2.37.